The van der Waals surface area contributed by atoms with Crippen molar-refractivity contribution in [3.05, 3.63) is 0 Å². The molecule has 0 aromatic rings. The molecule has 0 aromatic carbocycles. The summed E-state index contributed by atoms with van der Waals surface area (Å²) in [6, 6.07) is -0.585. The lowest BCUT2D eigenvalue weighted by molar-refractivity contribution is -0.121. The molecule has 88 valence electrons. The quantitative estimate of drug-likeness (QED) is 0.477. The lowest BCUT2D eigenvalue weighted by atomic mass is 10.2. The van der Waals surface area contributed by atoms with E-state index in [1.807, 2.05) is 0 Å². The fourth-order valence-corrected chi connectivity index (χ4v) is 1.06. The molecule has 0 bridgehead atoms. The van der Waals surface area contributed by atoms with Gasteiger partial charge >= 0.3 is 0 Å². The molecule has 0 spiro atoms. The predicted octanol–water partition coefficient (Wildman–Crippen LogP) is -0.462. The summed E-state index contributed by atoms with van der Waals surface area (Å²) in [5, 5.41) is 2.62. The standard InChI is InChI=1S/C10H21N3O2/c1-8(14)9(12)7-13-10(15)5-3-2-4-6-11/h9H,2-7,11-12H2,1H3,(H,13,15). The molecule has 0 saturated carbocycles. The fraction of sp³-hybridized carbons (Fsp3) is 0.800. The van der Waals surface area contributed by atoms with Crippen molar-refractivity contribution in [3.63, 3.8) is 0 Å². The lowest BCUT2D eigenvalue weighted by Gasteiger charge is -2.09. The fourth-order valence-electron chi connectivity index (χ4n) is 1.06. The predicted molar refractivity (Wildman–Crippen MR) is 59.2 cm³/mol. The Bertz CT molecular complexity index is 207. The zero-order chi connectivity index (χ0) is 11.7. The summed E-state index contributed by atoms with van der Waals surface area (Å²) in [6.07, 6.45) is 3.21. The van der Waals surface area contributed by atoms with Crippen molar-refractivity contribution < 1.29 is 9.59 Å². The third-order valence-corrected chi connectivity index (χ3v) is 2.15. The van der Waals surface area contributed by atoms with Gasteiger partial charge in [0.05, 0.1) is 6.04 Å². The van der Waals surface area contributed by atoms with Gasteiger partial charge in [0.1, 0.15) is 5.78 Å². The zero-order valence-corrected chi connectivity index (χ0v) is 9.29. The number of nitrogens with one attached hydrogen (secondary N) is 1. The van der Waals surface area contributed by atoms with Crippen LogP contribution in [0.2, 0.25) is 0 Å². The van der Waals surface area contributed by atoms with Gasteiger partial charge in [-0.2, -0.15) is 0 Å². The van der Waals surface area contributed by atoms with Gasteiger partial charge in [-0.3, -0.25) is 9.59 Å². The van der Waals surface area contributed by atoms with Crippen LogP contribution in [0.1, 0.15) is 32.6 Å². The summed E-state index contributed by atoms with van der Waals surface area (Å²) >= 11 is 0. The largest absolute Gasteiger partial charge is 0.354 e. The van der Waals surface area contributed by atoms with E-state index in [0.717, 1.165) is 19.3 Å². The number of hydrogen-bond acceptors (Lipinski definition) is 4. The van der Waals surface area contributed by atoms with E-state index < -0.39 is 6.04 Å². The molecular formula is C10H21N3O2. The number of Topliss-reactive ketones (excluding diaryl/α,β-unsaturated/α-hetero) is 1. The molecule has 0 fully saturated rings. The average molecular weight is 215 g/mol. The van der Waals surface area contributed by atoms with Crippen LogP contribution in [-0.4, -0.2) is 30.8 Å². The molecule has 1 unspecified atom stereocenters. The third-order valence-electron chi connectivity index (χ3n) is 2.15. The number of unbranched alkanes of at least 4 members (excludes halogenated alkanes) is 2. The second kappa shape index (κ2) is 8.38. The Morgan fingerprint density at radius 1 is 1.27 bits per heavy atom. The first kappa shape index (κ1) is 14.1. The van der Waals surface area contributed by atoms with Gasteiger partial charge < -0.3 is 16.8 Å². The first-order chi connectivity index (χ1) is 7.07. The third kappa shape index (κ3) is 8.08. The highest BCUT2D eigenvalue weighted by Gasteiger charge is 2.09. The van der Waals surface area contributed by atoms with Crippen LogP contribution in [0, 0.1) is 0 Å². The molecule has 5 N–H and O–H groups in total. The zero-order valence-electron chi connectivity index (χ0n) is 9.29. The Labute approximate surface area is 90.6 Å². The van der Waals surface area contributed by atoms with Crippen molar-refractivity contribution >= 4 is 11.7 Å². The highest BCUT2D eigenvalue weighted by molar-refractivity contribution is 5.82. The average Bonchev–Trinajstić information content (AvgIpc) is 2.20. The van der Waals surface area contributed by atoms with Gasteiger partial charge in [0.25, 0.3) is 0 Å². The molecule has 0 aromatic heterocycles. The van der Waals surface area contributed by atoms with E-state index in [9.17, 15) is 9.59 Å². The number of carbonyl (C=O) groups excluding carboxylic acids is 2. The van der Waals surface area contributed by atoms with Crippen molar-refractivity contribution in [1.29, 1.82) is 0 Å². The molecule has 0 saturated heterocycles. The van der Waals surface area contributed by atoms with Gasteiger partial charge in [-0.05, 0) is 26.3 Å². The maximum Gasteiger partial charge on any atom is 0.220 e. The van der Waals surface area contributed by atoms with Gasteiger partial charge in [-0.15, -0.1) is 0 Å². The van der Waals surface area contributed by atoms with Crippen LogP contribution < -0.4 is 16.8 Å². The lowest BCUT2D eigenvalue weighted by Crippen LogP contribution is -2.41. The van der Waals surface area contributed by atoms with Gasteiger partial charge in [-0.25, -0.2) is 0 Å². The van der Waals surface area contributed by atoms with Gasteiger partial charge in [0.2, 0.25) is 5.91 Å². The van der Waals surface area contributed by atoms with E-state index >= 15 is 0 Å². The molecule has 0 aliphatic rings. The van der Waals surface area contributed by atoms with E-state index in [2.05, 4.69) is 5.32 Å². The van der Waals surface area contributed by atoms with Crippen LogP contribution in [0.3, 0.4) is 0 Å². The van der Waals surface area contributed by atoms with Crippen LogP contribution >= 0.6 is 0 Å². The number of amides is 1. The first-order valence-electron chi connectivity index (χ1n) is 5.30. The molecule has 0 aliphatic heterocycles. The number of ketones is 1. The molecule has 1 amide bonds. The summed E-state index contributed by atoms with van der Waals surface area (Å²) in [4.78, 5) is 22.0. The Kier molecular flexibility index (Phi) is 7.85. The van der Waals surface area contributed by atoms with Gasteiger partial charge in [-0.1, -0.05) is 6.42 Å². The number of nitrogens with two attached hydrogens (primary N) is 2. The molecule has 15 heavy (non-hydrogen) atoms. The number of rotatable bonds is 8. The monoisotopic (exact) mass is 215 g/mol. The minimum Gasteiger partial charge on any atom is -0.354 e. The number of carbonyl (C=O) groups is 2. The normalized spacial score (nSPS) is 12.2. The van der Waals surface area contributed by atoms with Crippen molar-refractivity contribution in [2.45, 2.75) is 38.6 Å². The van der Waals surface area contributed by atoms with E-state index in [-0.39, 0.29) is 18.2 Å². The van der Waals surface area contributed by atoms with Gasteiger partial charge in [0.15, 0.2) is 0 Å². The van der Waals surface area contributed by atoms with Crippen LogP contribution in [0.25, 0.3) is 0 Å². The molecule has 1 atom stereocenters. The van der Waals surface area contributed by atoms with Crippen LogP contribution in [0.4, 0.5) is 0 Å². The minimum atomic E-state index is -0.585. The topological polar surface area (TPSA) is 98.2 Å². The highest BCUT2D eigenvalue weighted by atomic mass is 16.1. The van der Waals surface area contributed by atoms with E-state index in [1.54, 1.807) is 0 Å². The Morgan fingerprint density at radius 2 is 1.93 bits per heavy atom. The van der Waals surface area contributed by atoms with Crippen molar-refractivity contribution in [2.24, 2.45) is 11.5 Å². The molecule has 0 aliphatic carbocycles. The summed E-state index contributed by atoms with van der Waals surface area (Å²) in [5.74, 6) is -0.165. The van der Waals surface area contributed by atoms with Crippen LogP contribution in [0.15, 0.2) is 0 Å². The van der Waals surface area contributed by atoms with Crippen LogP contribution in [0.5, 0.6) is 0 Å². The molecule has 0 rings (SSSR count). The van der Waals surface area contributed by atoms with Crippen molar-refractivity contribution in [3.8, 4) is 0 Å². The smallest absolute Gasteiger partial charge is 0.220 e. The Morgan fingerprint density at radius 3 is 2.47 bits per heavy atom. The number of hydrogen-bond donors (Lipinski definition) is 3. The molecule has 5 nitrogen and oxygen atoms in total. The maximum absolute atomic E-state index is 11.2. The van der Waals surface area contributed by atoms with E-state index in [4.69, 9.17) is 11.5 Å². The second-order valence-corrected chi connectivity index (χ2v) is 3.62. The molecular weight excluding hydrogens is 194 g/mol. The van der Waals surface area contributed by atoms with E-state index in [0.29, 0.717) is 13.0 Å². The first-order valence-corrected chi connectivity index (χ1v) is 5.30. The van der Waals surface area contributed by atoms with Crippen LogP contribution in [-0.2, 0) is 9.59 Å². The SMILES string of the molecule is CC(=O)C(N)CNC(=O)CCCCCN. The van der Waals surface area contributed by atoms with E-state index in [1.165, 1.54) is 6.92 Å². The summed E-state index contributed by atoms with van der Waals surface area (Å²) in [6.45, 7) is 2.31. The molecule has 0 heterocycles. The van der Waals surface area contributed by atoms with Gasteiger partial charge in [0, 0.05) is 13.0 Å². The summed E-state index contributed by atoms with van der Waals surface area (Å²) in [7, 11) is 0. The highest BCUT2D eigenvalue weighted by Crippen LogP contribution is 1.98. The second-order valence-electron chi connectivity index (χ2n) is 3.62. The minimum absolute atomic E-state index is 0.0521. The molecule has 5 heteroatoms. The Balaban J connectivity index is 3.45. The van der Waals surface area contributed by atoms with Crippen molar-refractivity contribution in [2.75, 3.05) is 13.1 Å². The Hall–Kier alpha value is -0.940. The van der Waals surface area contributed by atoms with Crippen molar-refractivity contribution in [1.82, 2.24) is 5.32 Å². The summed E-state index contributed by atoms with van der Waals surface area (Å²) in [5.41, 5.74) is 10.8. The maximum atomic E-state index is 11.2. The molecule has 0 radical (unpaired) electrons. The summed E-state index contributed by atoms with van der Waals surface area (Å²) < 4.78 is 0.